The summed E-state index contributed by atoms with van der Waals surface area (Å²) in [5, 5.41) is 15.8. The van der Waals surface area contributed by atoms with E-state index in [-0.39, 0.29) is 22.4 Å². The van der Waals surface area contributed by atoms with Crippen molar-refractivity contribution in [3.63, 3.8) is 0 Å². The van der Waals surface area contributed by atoms with Gasteiger partial charge in [0.1, 0.15) is 42.7 Å². The van der Waals surface area contributed by atoms with Gasteiger partial charge in [0.15, 0.2) is 5.13 Å². The van der Waals surface area contributed by atoms with E-state index in [1.54, 1.807) is 11.3 Å². The van der Waals surface area contributed by atoms with Gasteiger partial charge in [0, 0.05) is 27.7 Å². The van der Waals surface area contributed by atoms with Crippen molar-refractivity contribution >= 4 is 68.1 Å². The lowest BCUT2D eigenvalue weighted by Crippen LogP contribution is -2.71. The number of rotatable bonds is 7. The first-order valence-electron chi connectivity index (χ1n) is 10.6. The highest BCUT2D eigenvalue weighted by Crippen LogP contribution is 2.40. The number of amides is 2. The molecule has 4 N–H and O–H groups in total. The molecule has 0 aliphatic carbocycles. The Kier molecular flexibility index (Phi) is 6.17. The fraction of sp³-hybridized carbons (Fsp3) is 0.350. The van der Waals surface area contributed by atoms with Gasteiger partial charge < -0.3 is 21.0 Å². The molecule has 36 heavy (non-hydrogen) atoms. The van der Waals surface area contributed by atoms with Gasteiger partial charge in [-0.2, -0.15) is 13.8 Å². The van der Waals surface area contributed by atoms with Crippen molar-refractivity contribution < 1.29 is 28.9 Å². The summed E-state index contributed by atoms with van der Waals surface area (Å²) >= 11 is 3.93. The molecule has 2 atom stereocenters. The van der Waals surface area contributed by atoms with Crippen molar-refractivity contribution in [1.82, 2.24) is 24.0 Å². The van der Waals surface area contributed by atoms with Gasteiger partial charge in [-0.1, -0.05) is 16.5 Å². The van der Waals surface area contributed by atoms with Gasteiger partial charge in [0.05, 0.1) is 0 Å². The maximum atomic E-state index is 13.0. The second kappa shape index (κ2) is 9.18. The lowest BCUT2D eigenvalue weighted by atomic mass is 10.0. The lowest BCUT2D eigenvalue weighted by molar-refractivity contribution is -0.687. The summed E-state index contributed by atoms with van der Waals surface area (Å²) in [5.41, 5.74) is 7.05. The van der Waals surface area contributed by atoms with Gasteiger partial charge in [-0.05, 0) is 13.8 Å². The van der Waals surface area contributed by atoms with Crippen LogP contribution in [0.2, 0.25) is 0 Å². The average molecular weight is 550 g/mol. The molecule has 2 amide bonds. The van der Waals surface area contributed by atoms with Crippen LogP contribution in [0.4, 0.5) is 5.13 Å². The largest absolute Gasteiger partial charge is 0.477 e. The van der Waals surface area contributed by atoms with Crippen LogP contribution in [0.25, 0.3) is 4.83 Å². The Balaban J connectivity index is 1.36. The van der Waals surface area contributed by atoms with E-state index in [4.69, 9.17) is 10.6 Å². The first-order valence-corrected chi connectivity index (χ1v) is 13.2. The number of fused-ring (bicyclic) bond motifs is 2. The summed E-state index contributed by atoms with van der Waals surface area (Å²) in [6.07, 6.45) is 3.89. The molecule has 5 heterocycles. The van der Waals surface area contributed by atoms with Crippen LogP contribution < -0.4 is 15.6 Å². The number of hydrogen-bond donors (Lipinski definition) is 3. The summed E-state index contributed by atoms with van der Waals surface area (Å²) < 4.78 is 7.94. The van der Waals surface area contributed by atoms with Crippen LogP contribution in [0.1, 0.15) is 16.4 Å². The highest BCUT2D eigenvalue weighted by Gasteiger charge is 2.54. The minimum absolute atomic E-state index is 0.0277. The number of nitrogen functional groups attached to an aromatic ring is 1. The van der Waals surface area contributed by atoms with Gasteiger partial charge in [0.2, 0.25) is 22.7 Å². The molecule has 2 aliphatic rings. The summed E-state index contributed by atoms with van der Waals surface area (Å²) in [6.45, 7) is 4.41. The maximum absolute atomic E-state index is 13.0. The molecule has 1 fully saturated rings. The number of anilines is 1. The third-order valence-corrected chi connectivity index (χ3v) is 8.86. The fourth-order valence-corrected chi connectivity index (χ4v) is 6.90. The third-order valence-electron chi connectivity index (χ3n) is 5.87. The summed E-state index contributed by atoms with van der Waals surface area (Å²) in [6, 6.07) is -0.936. The van der Waals surface area contributed by atoms with E-state index in [0.29, 0.717) is 17.9 Å². The van der Waals surface area contributed by atoms with Crippen LogP contribution in [-0.2, 0) is 25.8 Å². The highest BCUT2D eigenvalue weighted by molar-refractivity contribution is 8.00. The van der Waals surface area contributed by atoms with Crippen molar-refractivity contribution in [2.75, 3.05) is 18.6 Å². The quantitative estimate of drug-likeness (QED) is 0.160. The number of carbonyl (C=O) groups excluding carboxylic acids is 2. The second-order valence-corrected chi connectivity index (χ2v) is 11.2. The summed E-state index contributed by atoms with van der Waals surface area (Å²) in [7, 11) is 1.26. The molecule has 0 saturated carbocycles. The number of nitrogens with two attached hydrogens (primary N) is 1. The average Bonchev–Trinajstić information content (AvgIpc) is 3.51. The normalized spacial score (nSPS) is 19.9. The van der Waals surface area contributed by atoms with Crippen molar-refractivity contribution in [2.24, 2.45) is 5.16 Å². The number of carbonyl (C=O) groups is 3. The van der Waals surface area contributed by atoms with Crippen molar-refractivity contribution in [3.8, 4) is 0 Å². The molecule has 0 bridgehead atoms. The van der Waals surface area contributed by atoms with E-state index in [1.807, 2.05) is 24.0 Å². The number of imidazole rings is 1. The van der Waals surface area contributed by atoms with E-state index in [9.17, 15) is 19.5 Å². The Labute approximate surface area is 216 Å². The van der Waals surface area contributed by atoms with Crippen LogP contribution in [0.5, 0.6) is 0 Å². The number of nitrogens with one attached hydrogen (secondary N) is 1. The zero-order valence-electron chi connectivity index (χ0n) is 19.3. The van der Waals surface area contributed by atoms with Crippen LogP contribution in [0, 0.1) is 13.8 Å². The minimum Gasteiger partial charge on any atom is -0.477 e. The number of carboxylic acid groups (broad SMARTS) is 1. The Morgan fingerprint density at radius 3 is 2.83 bits per heavy atom. The van der Waals surface area contributed by atoms with Crippen LogP contribution >= 0.6 is 34.6 Å². The highest BCUT2D eigenvalue weighted by atomic mass is 32.2. The number of hydrogen-bond acceptors (Lipinski definition) is 11. The van der Waals surface area contributed by atoms with E-state index < -0.39 is 29.2 Å². The van der Waals surface area contributed by atoms with Gasteiger partial charge in [-0.25, -0.2) is 9.36 Å². The predicted molar refractivity (Wildman–Crippen MR) is 132 cm³/mol. The van der Waals surface area contributed by atoms with E-state index in [0.717, 1.165) is 22.1 Å². The number of aryl methyl sites for hydroxylation is 2. The molecule has 3 aromatic rings. The third kappa shape index (κ3) is 4.00. The molecule has 5 rings (SSSR count). The number of oxime groups is 1. The number of carboxylic acids is 1. The Hall–Kier alpha value is -3.50. The topological polar surface area (TPSA) is 168 Å². The fourth-order valence-electron chi connectivity index (χ4n) is 4.10. The first-order chi connectivity index (χ1) is 17.2. The molecular formula is C20H21N8O5S3+. The molecular weight excluding hydrogens is 528 g/mol. The maximum Gasteiger partial charge on any atom is 0.352 e. The molecule has 0 spiro atoms. The van der Waals surface area contributed by atoms with Crippen LogP contribution in [-0.4, -0.2) is 71.5 Å². The minimum atomic E-state index is -1.19. The number of thioether (sulfide) groups is 1. The predicted octanol–water partition coefficient (Wildman–Crippen LogP) is 0.128. The number of aliphatic carboxylic acids is 1. The SMILES string of the molecule is CO/N=C(\C(=O)N[C@@H]1C(=O)N2C(C(=O)O)=C(C[n+]3cc4sc(C)c(C)n4c3)CS[C@H]12)c1nsc(N)n1. The number of thiazole rings is 1. The monoisotopic (exact) mass is 549 g/mol. The summed E-state index contributed by atoms with van der Waals surface area (Å²) in [5.74, 6) is -2.08. The van der Waals surface area contributed by atoms with Gasteiger partial charge >= 0.3 is 5.97 Å². The van der Waals surface area contributed by atoms with Crippen molar-refractivity contribution in [2.45, 2.75) is 31.8 Å². The molecule has 2 aliphatic heterocycles. The van der Waals surface area contributed by atoms with Crippen molar-refractivity contribution in [1.29, 1.82) is 0 Å². The molecule has 16 heteroatoms. The second-order valence-electron chi connectivity index (χ2n) is 8.07. The Morgan fingerprint density at radius 2 is 2.19 bits per heavy atom. The van der Waals surface area contributed by atoms with Crippen LogP contribution in [0.3, 0.4) is 0 Å². The molecule has 3 aromatic heterocycles. The number of nitrogens with zero attached hydrogens (tertiary/aromatic N) is 6. The molecule has 13 nitrogen and oxygen atoms in total. The van der Waals surface area contributed by atoms with Gasteiger partial charge in [-0.15, -0.1) is 11.8 Å². The smallest absolute Gasteiger partial charge is 0.352 e. The molecule has 188 valence electrons. The van der Waals surface area contributed by atoms with E-state index in [1.165, 1.54) is 28.6 Å². The molecule has 0 unspecified atom stereocenters. The summed E-state index contributed by atoms with van der Waals surface area (Å²) in [4.78, 5) is 50.2. The van der Waals surface area contributed by atoms with E-state index >= 15 is 0 Å². The van der Waals surface area contributed by atoms with Crippen LogP contribution in [0.15, 0.2) is 29.0 Å². The van der Waals surface area contributed by atoms with Crippen molar-refractivity contribution in [3.05, 3.63) is 40.2 Å². The van der Waals surface area contributed by atoms with E-state index in [2.05, 4.69) is 31.2 Å². The molecule has 0 radical (unpaired) electrons. The first kappa shape index (κ1) is 24.2. The Morgan fingerprint density at radius 1 is 1.42 bits per heavy atom. The number of β-lactam (4-membered cyclic amide) rings is 1. The van der Waals surface area contributed by atoms with Gasteiger partial charge in [-0.3, -0.25) is 14.5 Å². The zero-order chi connectivity index (χ0) is 25.7. The van der Waals surface area contributed by atoms with Gasteiger partial charge in [0.25, 0.3) is 11.8 Å². The number of aromatic nitrogens is 4. The lowest BCUT2D eigenvalue weighted by Gasteiger charge is -2.49. The Bertz CT molecular complexity index is 1470. The molecule has 0 aromatic carbocycles. The standard InChI is InChI=1S/C20H20N8O5S3/c1-8-9(2)35-11-5-26(7-27(8)11)4-10-6-34-18-13(17(30)28(18)14(10)19(31)32)22-16(29)12(24-33-3)15-23-20(21)36-25-15/h5,7,13,18H,4,6H2,1-3H3,(H3-,21,22,23,25,29,31,32)/p+1/b24-12-/t13-,18-/m1/s1. The zero-order valence-corrected chi connectivity index (χ0v) is 21.7. The molecule has 1 saturated heterocycles.